The minimum absolute atomic E-state index is 0.116. The maximum atomic E-state index is 12.5. The Kier molecular flexibility index (Phi) is 9.58. The molecular weight excluding hydrogens is 516 g/mol. The molecule has 0 aliphatic rings. The summed E-state index contributed by atoms with van der Waals surface area (Å²) < 4.78 is 21.2. The van der Waals surface area contributed by atoms with Crippen LogP contribution in [0.4, 0.5) is 0 Å². The highest BCUT2D eigenvalue weighted by Crippen LogP contribution is 2.32. The normalized spacial score (nSPS) is 10.6. The molecule has 1 amide bonds. The molecule has 0 atom stereocenters. The first kappa shape index (κ1) is 27.7. The highest BCUT2D eigenvalue weighted by molar-refractivity contribution is 7.99. The number of methoxy groups -OCH3 is 4. The Bertz CT molecular complexity index is 1400. The van der Waals surface area contributed by atoms with E-state index in [1.54, 1.807) is 28.4 Å². The van der Waals surface area contributed by atoms with E-state index in [0.717, 1.165) is 28.2 Å². The molecule has 1 N–H and O–H groups in total. The molecule has 0 aliphatic heterocycles. The average Bonchev–Trinajstić information content (AvgIpc) is 3.00. The number of benzene rings is 3. The minimum Gasteiger partial charge on any atom is -0.497 e. The van der Waals surface area contributed by atoms with Crippen molar-refractivity contribution in [1.29, 1.82) is 0 Å². The van der Waals surface area contributed by atoms with Gasteiger partial charge in [0.15, 0.2) is 11.5 Å². The molecular formula is C29H30N4O5S. The van der Waals surface area contributed by atoms with Gasteiger partial charge in [-0.05, 0) is 72.6 Å². The van der Waals surface area contributed by atoms with Crippen LogP contribution in [-0.4, -0.2) is 61.8 Å². The van der Waals surface area contributed by atoms with E-state index in [9.17, 15) is 4.79 Å². The zero-order chi connectivity index (χ0) is 27.6. The Morgan fingerprint density at radius 1 is 0.744 bits per heavy atom. The van der Waals surface area contributed by atoms with Gasteiger partial charge in [0.2, 0.25) is 11.1 Å². The lowest BCUT2D eigenvalue weighted by Crippen LogP contribution is -2.27. The summed E-state index contributed by atoms with van der Waals surface area (Å²) >= 11 is 1.23. The third kappa shape index (κ3) is 7.17. The topological polar surface area (TPSA) is 105 Å². The highest BCUT2D eigenvalue weighted by Gasteiger charge is 2.15. The van der Waals surface area contributed by atoms with Gasteiger partial charge in [-0.3, -0.25) is 4.79 Å². The second-order valence-electron chi connectivity index (χ2n) is 8.33. The number of carbonyl (C=O) groups excluding carboxylic acids is 1. The van der Waals surface area contributed by atoms with E-state index in [4.69, 9.17) is 23.9 Å². The second kappa shape index (κ2) is 13.5. The van der Waals surface area contributed by atoms with Gasteiger partial charge in [0, 0.05) is 17.7 Å². The molecule has 1 heterocycles. The molecule has 1 aromatic heterocycles. The first-order valence-corrected chi connectivity index (χ1v) is 13.2. The van der Waals surface area contributed by atoms with E-state index in [0.29, 0.717) is 41.0 Å². The number of hydrogen-bond donors (Lipinski definition) is 1. The average molecular weight is 547 g/mol. The Morgan fingerprint density at radius 2 is 1.36 bits per heavy atom. The van der Waals surface area contributed by atoms with Crippen LogP contribution >= 0.6 is 11.8 Å². The number of hydrogen-bond acceptors (Lipinski definition) is 9. The number of carbonyl (C=O) groups is 1. The van der Waals surface area contributed by atoms with Gasteiger partial charge in [-0.25, -0.2) is 4.98 Å². The molecule has 4 rings (SSSR count). The highest BCUT2D eigenvalue weighted by atomic mass is 32.2. The smallest absolute Gasteiger partial charge is 0.230 e. The fraction of sp³-hybridized carbons (Fsp3) is 0.241. The van der Waals surface area contributed by atoms with Crippen molar-refractivity contribution in [2.45, 2.75) is 11.6 Å². The summed E-state index contributed by atoms with van der Waals surface area (Å²) in [7, 11) is 6.44. The van der Waals surface area contributed by atoms with E-state index in [1.807, 2.05) is 66.7 Å². The van der Waals surface area contributed by atoms with Crippen molar-refractivity contribution in [3.05, 3.63) is 72.3 Å². The van der Waals surface area contributed by atoms with Crippen LogP contribution in [0.1, 0.15) is 5.56 Å². The number of nitrogens with zero attached hydrogens (tertiary/aromatic N) is 3. The number of aromatic nitrogens is 3. The number of amides is 1. The zero-order valence-electron chi connectivity index (χ0n) is 22.3. The van der Waals surface area contributed by atoms with Gasteiger partial charge in [-0.15, -0.1) is 10.2 Å². The molecule has 0 saturated heterocycles. The molecule has 4 aromatic rings. The van der Waals surface area contributed by atoms with E-state index in [2.05, 4.69) is 15.5 Å². The van der Waals surface area contributed by atoms with Crippen LogP contribution in [0.5, 0.6) is 23.0 Å². The summed E-state index contributed by atoms with van der Waals surface area (Å²) in [5, 5.41) is 12.1. The summed E-state index contributed by atoms with van der Waals surface area (Å²) in [6.07, 6.45) is 0.660. The Labute approximate surface area is 231 Å². The lowest BCUT2D eigenvalue weighted by molar-refractivity contribution is -0.118. The summed E-state index contributed by atoms with van der Waals surface area (Å²) in [6.45, 7) is 0.488. The predicted octanol–water partition coefficient (Wildman–Crippen LogP) is 4.69. The molecule has 39 heavy (non-hydrogen) atoms. The quantitative estimate of drug-likeness (QED) is 0.253. The molecule has 0 bridgehead atoms. The van der Waals surface area contributed by atoms with E-state index >= 15 is 0 Å². The van der Waals surface area contributed by atoms with Crippen molar-refractivity contribution in [2.75, 3.05) is 40.7 Å². The number of thioether (sulfide) groups is 1. The van der Waals surface area contributed by atoms with Gasteiger partial charge in [-0.1, -0.05) is 17.8 Å². The molecule has 0 aliphatic carbocycles. The predicted molar refractivity (Wildman–Crippen MR) is 151 cm³/mol. The van der Waals surface area contributed by atoms with Gasteiger partial charge < -0.3 is 24.3 Å². The number of rotatable bonds is 12. The van der Waals surface area contributed by atoms with E-state index < -0.39 is 0 Å². The Balaban J connectivity index is 1.43. The van der Waals surface area contributed by atoms with Gasteiger partial charge in [0.1, 0.15) is 22.9 Å². The molecule has 9 nitrogen and oxygen atoms in total. The van der Waals surface area contributed by atoms with Gasteiger partial charge in [0.05, 0.1) is 34.2 Å². The third-order valence-corrected chi connectivity index (χ3v) is 6.75. The first-order valence-electron chi connectivity index (χ1n) is 12.2. The van der Waals surface area contributed by atoms with Crippen molar-refractivity contribution in [1.82, 2.24) is 20.5 Å². The van der Waals surface area contributed by atoms with Gasteiger partial charge >= 0.3 is 0 Å². The Hall–Kier alpha value is -4.31. The SMILES string of the molecule is COc1ccc(-c2nnc(SCC(=O)NCCc3ccc(OC)c(OC)c3)nc2-c2ccc(OC)cc2)cc1. The molecule has 202 valence electrons. The van der Waals surface area contributed by atoms with Crippen molar-refractivity contribution in [3.8, 4) is 45.5 Å². The minimum atomic E-state index is -0.116. The van der Waals surface area contributed by atoms with Crippen molar-refractivity contribution >= 4 is 17.7 Å². The van der Waals surface area contributed by atoms with Crippen LogP contribution in [0, 0.1) is 0 Å². The molecule has 0 radical (unpaired) electrons. The summed E-state index contributed by atoms with van der Waals surface area (Å²) in [5.41, 5.74) is 4.04. The maximum absolute atomic E-state index is 12.5. The molecule has 0 spiro atoms. The standard InChI is InChI=1S/C29H30N4O5S/c1-35-22-10-6-20(7-11-22)27-28(21-8-12-23(36-2)13-9-21)32-33-29(31-27)39-18-26(34)30-16-15-19-5-14-24(37-3)25(17-19)38-4/h5-14,17H,15-16,18H2,1-4H3,(H,30,34). The summed E-state index contributed by atoms with van der Waals surface area (Å²) in [4.78, 5) is 17.3. The van der Waals surface area contributed by atoms with Gasteiger partial charge in [-0.2, -0.15) is 0 Å². The van der Waals surface area contributed by atoms with Crippen molar-refractivity contribution < 1.29 is 23.7 Å². The van der Waals surface area contributed by atoms with Gasteiger partial charge in [0.25, 0.3) is 0 Å². The molecule has 0 unspecified atom stereocenters. The third-order valence-electron chi connectivity index (χ3n) is 5.91. The maximum Gasteiger partial charge on any atom is 0.230 e. The van der Waals surface area contributed by atoms with Crippen LogP contribution in [-0.2, 0) is 11.2 Å². The largest absolute Gasteiger partial charge is 0.497 e. The fourth-order valence-corrected chi connectivity index (χ4v) is 4.45. The van der Waals surface area contributed by atoms with Crippen LogP contribution in [0.25, 0.3) is 22.5 Å². The van der Waals surface area contributed by atoms with E-state index in [-0.39, 0.29) is 11.7 Å². The van der Waals surface area contributed by atoms with E-state index in [1.165, 1.54) is 11.8 Å². The summed E-state index contributed by atoms with van der Waals surface area (Å²) in [6, 6.07) is 20.8. The van der Waals surface area contributed by atoms with Crippen molar-refractivity contribution in [2.24, 2.45) is 0 Å². The molecule has 10 heteroatoms. The monoisotopic (exact) mass is 546 g/mol. The zero-order valence-corrected chi connectivity index (χ0v) is 23.1. The first-order chi connectivity index (χ1) is 19.0. The van der Waals surface area contributed by atoms with Crippen LogP contribution in [0.15, 0.2) is 71.9 Å². The fourth-order valence-electron chi connectivity index (χ4n) is 3.83. The molecule has 0 fully saturated rings. The molecule has 3 aromatic carbocycles. The lowest BCUT2D eigenvalue weighted by atomic mass is 10.0. The molecule has 0 saturated carbocycles. The van der Waals surface area contributed by atoms with Crippen molar-refractivity contribution in [3.63, 3.8) is 0 Å². The second-order valence-corrected chi connectivity index (χ2v) is 9.27. The number of ether oxygens (including phenoxy) is 4. The van der Waals surface area contributed by atoms with Crippen LogP contribution in [0.3, 0.4) is 0 Å². The summed E-state index contributed by atoms with van der Waals surface area (Å²) in [5.74, 6) is 2.86. The van der Waals surface area contributed by atoms with Crippen LogP contribution < -0.4 is 24.3 Å². The number of nitrogens with one attached hydrogen (secondary N) is 1. The Morgan fingerprint density at radius 3 is 1.95 bits per heavy atom. The van der Waals surface area contributed by atoms with Crippen LogP contribution in [0.2, 0.25) is 0 Å². The lowest BCUT2D eigenvalue weighted by Gasteiger charge is -2.11.